The van der Waals surface area contributed by atoms with Gasteiger partial charge in [0.25, 0.3) is 10.0 Å². The van der Waals surface area contributed by atoms with E-state index in [1.807, 2.05) is 85.8 Å². The first-order valence-electron chi connectivity index (χ1n) is 12.6. The van der Waals surface area contributed by atoms with Gasteiger partial charge in [-0.1, -0.05) is 90.5 Å². The molecule has 0 aliphatic heterocycles. The van der Waals surface area contributed by atoms with Gasteiger partial charge < -0.3 is 5.32 Å². The number of nitrogens with zero attached hydrogens (tertiary/aromatic N) is 2. The fraction of sp³-hybridized carbons (Fsp3) is 0.0938. The lowest BCUT2D eigenvalue weighted by Gasteiger charge is -2.35. The minimum absolute atomic E-state index is 0.148. The topological polar surface area (TPSA) is 64.0 Å². The molecule has 5 aromatic rings. The zero-order valence-corrected chi connectivity index (χ0v) is 22.1. The number of anilines is 2. The molecule has 4 aromatic carbocycles. The molecule has 0 bridgehead atoms. The number of fused-ring (bicyclic) bond motifs is 1. The van der Waals surface area contributed by atoms with Gasteiger partial charge in [-0.05, 0) is 54.4 Å². The number of hydrogen-bond donors (Lipinski definition) is 1. The highest BCUT2D eigenvalue weighted by molar-refractivity contribution is 7.89. The lowest BCUT2D eigenvalue weighted by atomic mass is 9.68. The Morgan fingerprint density at radius 1 is 0.846 bits per heavy atom. The summed E-state index contributed by atoms with van der Waals surface area (Å²) in [6.45, 7) is 1.91. The smallest absolute Gasteiger partial charge is 0.283 e. The van der Waals surface area contributed by atoms with E-state index < -0.39 is 15.4 Å². The van der Waals surface area contributed by atoms with Crippen LogP contribution in [0, 0.1) is 12.7 Å². The molecule has 0 fully saturated rings. The molecule has 0 amide bonds. The molecule has 0 radical (unpaired) electrons. The SMILES string of the molecule is Cc1ccc(S(=O)(=O)n2nc(Nc3ccccc3)c3c2CC(c2ccccc2)(c2cccc(F)c2)C=C3)cc1. The van der Waals surface area contributed by atoms with E-state index in [-0.39, 0.29) is 17.1 Å². The van der Waals surface area contributed by atoms with E-state index in [0.29, 0.717) is 17.1 Å². The molecule has 1 heterocycles. The van der Waals surface area contributed by atoms with E-state index >= 15 is 0 Å². The molecule has 39 heavy (non-hydrogen) atoms. The molecule has 1 atom stereocenters. The number of aromatic nitrogens is 2. The Morgan fingerprint density at radius 3 is 2.21 bits per heavy atom. The Hall–Kier alpha value is -4.49. The highest BCUT2D eigenvalue weighted by atomic mass is 32.2. The van der Waals surface area contributed by atoms with Crippen molar-refractivity contribution >= 4 is 27.6 Å². The largest absolute Gasteiger partial charge is 0.338 e. The molecule has 1 aromatic heterocycles. The van der Waals surface area contributed by atoms with Crippen LogP contribution in [0.4, 0.5) is 15.9 Å². The molecule has 1 aliphatic rings. The Morgan fingerprint density at radius 2 is 1.51 bits per heavy atom. The first-order valence-corrected chi connectivity index (χ1v) is 14.1. The number of benzene rings is 4. The van der Waals surface area contributed by atoms with E-state index in [9.17, 15) is 12.8 Å². The van der Waals surface area contributed by atoms with Crippen molar-refractivity contribution < 1.29 is 12.8 Å². The van der Waals surface area contributed by atoms with E-state index in [2.05, 4.69) is 10.4 Å². The predicted octanol–water partition coefficient (Wildman–Crippen LogP) is 6.87. The summed E-state index contributed by atoms with van der Waals surface area (Å²) in [7, 11) is -4.03. The zero-order valence-electron chi connectivity index (χ0n) is 21.3. The van der Waals surface area contributed by atoms with Crippen molar-refractivity contribution in [1.82, 2.24) is 9.19 Å². The Labute approximate surface area is 227 Å². The Kier molecular flexibility index (Phi) is 6.16. The van der Waals surface area contributed by atoms with Gasteiger partial charge in [-0.15, -0.1) is 5.10 Å². The van der Waals surface area contributed by atoms with Crippen LogP contribution in [0.3, 0.4) is 0 Å². The maximum atomic E-state index is 14.5. The highest BCUT2D eigenvalue weighted by Gasteiger charge is 2.40. The third-order valence-electron chi connectivity index (χ3n) is 7.18. The first kappa shape index (κ1) is 24.8. The highest BCUT2D eigenvalue weighted by Crippen LogP contribution is 2.44. The quantitative estimate of drug-likeness (QED) is 0.258. The van der Waals surface area contributed by atoms with Crippen LogP contribution in [0.1, 0.15) is 27.9 Å². The van der Waals surface area contributed by atoms with Crippen LogP contribution in [0.5, 0.6) is 0 Å². The number of allylic oxidation sites excluding steroid dienone is 1. The van der Waals surface area contributed by atoms with Crippen LogP contribution in [0.25, 0.3) is 6.08 Å². The second-order valence-electron chi connectivity index (χ2n) is 9.72. The average Bonchev–Trinajstić information content (AvgIpc) is 3.32. The third kappa shape index (κ3) is 4.45. The van der Waals surface area contributed by atoms with Crippen molar-refractivity contribution in [2.24, 2.45) is 0 Å². The summed E-state index contributed by atoms with van der Waals surface area (Å²) in [6, 6.07) is 32.5. The van der Waals surface area contributed by atoms with Crippen LogP contribution in [0.2, 0.25) is 0 Å². The number of aryl methyl sites for hydroxylation is 1. The van der Waals surface area contributed by atoms with E-state index in [1.54, 1.807) is 30.3 Å². The second-order valence-corrected chi connectivity index (χ2v) is 11.5. The second kappa shape index (κ2) is 9.67. The molecular weight excluding hydrogens is 509 g/mol. The van der Waals surface area contributed by atoms with E-state index in [0.717, 1.165) is 26.5 Å². The normalized spacial score (nSPS) is 16.6. The van der Waals surface area contributed by atoms with Gasteiger partial charge in [0, 0.05) is 23.1 Å². The Bertz CT molecular complexity index is 1780. The van der Waals surface area contributed by atoms with Crippen LogP contribution in [0.15, 0.2) is 120 Å². The van der Waals surface area contributed by atoms with Gasteiger partial charge in [-0.3, -0.25) is 0 Å². The molecule has 6 rings (SSSR count). The number of hydrogen-bond acceptors (Lipinski definition) is 4. The molecule has 0 saturated carbocycles. The van der Waals surface area contributed by atoms with E-state index in [4.69, 9.17) is 0 Å². The van der Waals surface area contributed by atoms with Gasteiger partial charge in [-0.2, -0.15) is 12.5 Å². The fourth-order valence-corrected chi connectivity index (χ4v) is 6.48. The lowest BCUT2D eigenvalue weighted by Crippen LogP contribution is -2.32. The van der Waals surface area contributed by atoms with Gasteiger partial charge >= 0.3 is 0 Å². The van der Waals surface area contributed by atoms with Crippen LogP contribution in [-0.2, 0) is 21.9 Å². The average molecular weight is 536 g/mol. The fourth-order valence-electron chi connectivity index (χ4n) is 5.16. The summed E-state index contributed by atoms with van der Waals surface area (Å²) in [5, 5.41) is 7.91. The minimum atomic E-state index is -4.03. The van der Waals surface area contributed by atoms with Crippen molar-refractivity contribution in [2.45, 2.75) is 23.7 Å². The monoisotopic (exact) mass is 535 g/mol. The van der Waals surface area contributed by atoms with Crippen molar-refractivity contribution in [1.29, 1.82) is 0 Å². The summed E-state index contributed by atoms with van der Waals surface area (Å²) in [5.74, 6) is 0.0817. The molecule has 194 valence electrons. The Balaban J connectivity index is 1.57. The molecule has 0 spiro atoms. The number of rotatable bonds is 6. The van der Waals surface area contributed by atoms with Crippen molar-refractivity contribution in [3.8, 4) is 0 Å². The van der Waals surface area contributed by atoms with Crippen LogP contribution < -0.4 is 5.32 Å². The summed E-state index contributed by atoms with van der Waals surface area (Å²) in [4.78, 5) is 0.148. The van der Waals surface area contributed by atoms with Crippen molar-refractivity contribution in [3.63, 3.8) is 0 Å². The summed E-state index contributed by atoms with van der Waals surface area (Å²) >= 11 is 0. The summed E-state index contributed by atoms with van der Waals surface area (Å²) in [6.07, 6.45) is 4.19. The number of nitrogens with one attached hydrogen (secondary N) is 1. The molecular formula is C32H26FN3O2S. The van der Waals surface area contributed by atoms with Gasteiger partial charge in [0.2, 0.25) is 0 Å². The maximum absolute atomic E-state index is 14.5. The molecule has 1 N–H and O–H groups in total. The van der Waals surface area contributed by atoms with Crippen LogP contribution in [-0.4, -0.2) is 17.6 Å². The van der Waals surface area contributed by atoms with Gasteiger partial charge in [0.15, 0.2) is 5.82 Å². The molecule has 5 nitrogen and oxygen atoms in total. The standard InChI is InChI=1S/C32H26FN3O2S/c1-23-15-17-28(18-16-23)39(37,38)36-30-22-32(24-9-4-2-5-10-24,25-11-8-12-26(33)21-25)20-19-29(30)31(35-36)34-27-13-6-3-7-14-27/h2-21H,22H2,1H3,(H,34,35). The van der Waals surface area contributed by atoms with Crippen molar-refractivity contribution in [2.75, 3.05) is 5.32 Å². The zero-order chi connectivity index (χ0) is 27.0. The van der Waals surface area contributed by atoms with Crippen LogP contribution >= 0.6 is 0 Å². The van der Waals surface area contributed by atoms with Crippen molar-refractivity contribution in [3.05, 3.63) is 149 Å². The lowest BCUT2D eigenvalue weighted by molar-refractivity contribution is 0.562. The molecule has 7 heteroatoms. The number of para-hydroxylation sites is 1. The van der Waals surface area contributed by atoms with Gasteiger partial charge in [0.05, 0.1) is 10.6 Å². The third-order valence-corrected chi connectivity index (χ3v) is 8.81. The predicted molar refractivity (Wildman–Crippen MR) is 152 cm³/mol. The molecule has 0 saturated heterocycles. The number of halogens is 1. The first-order chi connectivity index (χ1) is 18.9. The van der Waals surface area contributed by atoms with Gasteiger partial charge in [-0.25, -0.2) is 4.39 Å². The maximum Gasteiger partial charge on any atom is 0.283 e. The van der Waals surface area contributed by atoms with Gasteiger partial charge in [0.1, 0.15) is 5.82 Å². The minimum Gasteiger partial charge on any atom is -0.338 e. The molecule has 1 aliphatic carbocycles. The summed E-state index contributed by atoms with van der Waals surface area (Å²) < 4.78 is 43.7. The van der Waals surface area contributed by atoms with E-state index in [1.165, 1.54) is 12.1 Å². The molecule has 1 unspecified atom stereocenters. The summed E-state index contributed by atoms with van der Waals surface area (Å²) in [5.41, 5.74) is 3.79.